The maximum atomic E-state index is 15.5. The molecule has 2 aromatic rings. The highest BCUT2D eigenvalue weighted by molar-refractivity contribution is 5.81. The van der Waals surface area contributed by atoms with E-state index in [2.05, 4.69) is 10.6 Å². The van der Waals surface area contributed by atoms with Crippen molar-refractivity contribution in [3.05, 3.63) is 59.4 Å². The molecule has 0 radical (unpaired) electrons. The van der Waals surface area contributed by atoms with Crippen molar-refractivity contribution in [2.45, 2.75) is 50.7 Å². The number of amides is 2. The Balaban J connectivity index is 1.70. The van der Waals surface area contributed by atoms with E-state index in [1.807, 2.05) is 31.2 Å². The Morgan fingerprint density at radius 3 is 2.82 bits per heavy atom. The van der Waals surface area contributed by atoms with Gasteiger partial charge in [-0.2, -0.15) is 0 Å². The zero-order valence-corrected chi connectivity index (χ0v) is 21.9. The van der Waals surface area contributed by atoms with Crippen LogP contribution in [0.5, 0.6) is 0 Å². The number of carbonyl (C=O) groups excluding carboxylic acids is 1. The number of hydrogen-bond acceptors (Lipinski definition) is 5. The van der Waals surface area contributed by atoms with E-state index in [0.717, 1.165) is 12.0 Å². The Hall–Kier alpha value is -3.01. The largest absolute Gasteiger partial charge is 0.465 e. The zero-order chi connectivity index (χ0) is 27.1. The molecule has 2 aliphatic rings. The van der Waals surface area contributed by atoms with Gasteiger partial charge in [0.15, 0.2) is 0 Å². The summed E-state index contributed by atoms with van der Waals surface area (Å²) in [6.45, 7) is 4.70. The molecule has 0 aromatic heterocycles. The molecule has 0 bridgehead atoms. The first-order chi connectivity index (χ1) is 18.3. The minimum absolute atomic E-state index is 0.105. The molecule has 3 atom stereocenters. The van der Waals surface area contributed by atoms with E-state index in [1.54, 1.807) is 17.0 Å². The summed E-state index contributed by atoms with van der Waals surface area (Å²) in [4.78, 5) is 26.0. The smallest absolute Gasteiger partial charge is 0.404 e. The summed E-state index contributed by atoms with van der Waals surface area (Å²) in [5.74, 6) is -0.897. The van der Waals surface area contributed by atoms with Crippen LogP contribution in [0, 0.1) is 11.7 Å². The predicted molar refractivity (Wildman–Crippen MR) is 142 cm³/mol. The second-order valence-electron chi connectivity index (χ2n) is 10.2. The molecule has 2 heterocycles. The lowest BCUT2D eigenvalue weighted by atomic mass is 9.72. The summed E-state index contributed by atoms with van der Waals surface area (Å²) in [6.07, 6.45) is 1.02. The number of rotatable bonds is 9. The normalized spacial score (nSPS) is 21.5. The molecule has 2 aliphatic heterocycles. The number of aryl methyl sites for hydroxylation is 1. The number of carboxylic acid groups (broad SMARTS) is 1. The number of nitrogens with one attached hydrogen (secondary N) is 2. The van der Waals surface area contributed by atoms with Crippen molar-refractivity contribution >= 4 is 12.0 Å². The van der Waals surface area contributed by atoms with Gasteiger partial charge in [0.2, 0.25) is 0 Å². The van der Waals surface area contributed by atoms with Gasteiger partial charge in [-0.15, -0.1) is 0 Å². The Morgan fingerprint density at radius 2 is 2.08 bits per heavy atom. The second-order valence-corrected chi connectivity index (χ2v) is 10.2. The van der Waals surface area contributed by atoms with Crippen LogP contribution in [0.3, 0.4) is 0 Å². The van der Waals surface area contributed by atoms with Gasteiger partial charge in [-0.1, -0.05) is 43.3 Å². The molecule has 2 aromatic carbocycles. The first-order valence-electron chi connectivity index (χ1n) is 13.5. The summed E-state index contributed by atoms with van der Waals surface area (Å²) in [5, 5.41) is 27.0. The molecule has 2 saturated heterocycles. The maximum Gasteiger partial charge on any atom is 0.404 e. The van der Waals surface area contributed by atoms with Crippen LogP contribution in [-0.2, 0) is 21.6 Å². The third-order valence-corrected chi connectivity index (χ3v) is 7.73. The van der Waals surface area contributed by atoms with Gasteiger partial charge in [0.05, 0.1) is 12.2 Å². The third kappa shape index (κ3) is 6.34. The van der Waals surface area contributed by atoms with Crippen molar-refractivity contribution in [2.24, 2.45) is 5.92 Å². The summed E-state index contributed by atoms with van der Waals surface area (Å²) >= 11 is 0. The zero-order valence-electron chi connectivity index (χ0n) is 21.9. The molecule has 2 amide bonds. The van der Waals surface area contributed by atoms with Crippen molar-refractivity contribution in [1.82, 2.24) is 15.5 Å². The van der Waals surface area contributed by atoms with E-state index in [4.69, 9.17) is 9.84 Å². The van der Waals surface area contributed by atoms with Crippen molar-refractivity contribution in [3.63, 3.8) is 0 Å². The topological polar surface area (TPSA) is 111 Å². The van der Waals surface area contributed by atoms with E-state index in [-0.39, 0.29) is 24.8 Å². The number of carbonyl (C=O) groups is 2. The van der Waals surface area contributed by atoms with Crippen LogP contribution in [0.15, 0.2) is 42.5 Å². The van der Waals surface area contributed by atoms with Crippen molar-refractivity contribution in [2.75, 3.05) is 39.3 Å². The quantitative estimate of drug-likeness (QED) is 0.372. The van der Waals surface area contributed by atoms with E-state index < -0.39 is 23.6 Å². The number of hydrogen-bond donors (Lipinski definition) is 4. The van der Waals surface area contributed by atoms with Crippen LogP contribution >= 0.6 is 0 Å². The maximum absolute atomic E-state index is 15.5. The fourth-order valence-electron chi connectivity index (χ4n) is 5.73. The van der Waals surface area contributed by atoms with Crippen molar-refractivity contribution in [1.29, 1.82) is 0 Å². The standard InChI is InChI=1S/C29H38FN3O5/c1-2-20-7-3-8-21(17-20)26-23(10-4-11-24(26)30)29(37,12-6-13-32-28(35)36)22-9-5-15-33(19-22)27(34)25-18-31-14-16-38-25/h3-4,7-8,10-11,17,22,25,31-32,37H,2,5-6,9,12-16,18-19H2,1H3,(H,35,36)/t22-,25?,29+/m1/s1. The Morgan fingerprint density at radius 1 is 1.26 bits per heavy atom. The van der Waals surface area contributed by atoms with Crippen LogP contribution < -0.4 is 10.6 Å². The lowest BCUT2D eigenvalue weighted by Crippen LogP contribution is -2.54. The SMILES string of the molecule is CCc1cccc(-c2c(F)cccc2[C@](O)(CCCNC(=O)O)[C@@H]2CCCN(C(=O)C3CNCCO3)C2)c1. The molecule has 38 heavy (non-hydrogen) atoms. The van der Waals surface area contributed by atoms with E-state index >= 15 is 4.39 Å². The summed E-state index contributed by atoms with van der Waals surface area (Å²) in [7, 11) is 0. The molecule has 206 valence electrons. The second kappa shape index (κ2) is 12.7. The molecular weight excluding hydrogens is 489 g/mol. The van der Waals surface area contributed by atoms with Gasteiger partial charge in [0.1, 0.15) is 11.9 Å². The van der Waals surface area contributed by atoms with Crippen molar-refractivity contribution in [3.8, 4) is 11.1 Å². The van der Waals surface area contributed by atoms with Gasteiger partial charge >= 0.3 is 6.09 Å². The van der Waals surface area contributed by atoms with Gasteiger partial charge in [0.25, 0.3) is 5.91 Å². The molecule has 0 saturated carbocycles. The summed E-state index contributed by atoms with van der Waals surface area (Å²) in [5.41, 5.74) is 1.08. The highest BCUT2D eigenvalue weighted by atomic mass is 19.1. The van der Waals surface area contributed by atoms with Crippen molar-refractivity contribution < 1.29 is 28.9 Å². The van der Waals surface area contributed by atoms with Gasteiger partial charge in [-0.05, 0) is 54.9 Å². The number of aliphatic hydroxyl groups is 1. The minimum Gasteiger partial charge on any atom is -0.465 e. The highest BCUT2D eigenvalue weighted by Crippen LogP contribution is 2.44. The summed E-state index contributed by atoms with van der Waals surface area (Å²) in [6, 6.07) is 12.4. The molecular formula is C29H38FN3O5. The lowest BCUT2D eigenvalue weighted by Gasteiger charge is -2.44. The number of ether oxygens (including phenoxy) is 1. The number of likely N-dealkylation sites (tertiary alicyclic amines) is 1. The number of morpholine rings is 1. The van der Waals surface area contributed by atoms with Crippen LogP contribution in [0.4, 0.5) is 9.18 Å². The number of halogens is 1. The molecule has 1 unspecified atom stereocenters. The van der Waals surface area contributed by atoms with Crippen LogP contribution in [0.1, 0.15) is 43.7 Å². The fraction of sp³-hybridized carbons (Fsp3) is 0.517. The number of piperidine rings is 1. The number of nitrogens with zero attached hydrogens (tertiary/aromatic N) is 1. The molecule has 8 nitrogen and oxygen atoms in total. The van der Waals surface area contributed by atoms with Gasteiger partial charge in [-0.3, -0.25) is 4.79 Å². The monoisotopic (exact) mass is 527 g/mol. The Labute approximate surface area is 223 Å². The van der Waals surface area contributed by atoms with Gasteiger partial charge in [0, 0.05) is 44.2 Å². The van der Waals surface area contributed by atoms with Crippen LogP contribution in [0.25, 0.3) is 11.1 Å². The molecule has 4 rings (SSSR count). The molecule has 0 aliphatic carbocycles. The van der Waals surface area contributed by atoms with Crippen LogP contribution in [-0.4, -0.2) is 72.5 Å². The molecule has 2 fully saturated rings. The number of benzene rings is 2. The van der Waals surface area contributed by atoms with E-state index in [1.165, 1.54) is 6.07 Å². The van der Waals surface area contributed by atoms with Crippen LogP contribution in [0.2, 0.25) is 0 Å². The average molecular weight is 528 g/mol. The molecule has 4 N–H and O–H groups in total. The first-order valence-corrected chi connectivity index (χ1v) is 13.5. The molecule has 0 spiro atoms. The fourth-order valence-corrected chi connectivity index (χ4v) is 5.73. The van der Waals surface area contributed by atoms with E-state index in [9.17, 15) is 14.7 Å². The lowest BCUT2D eigenvalue weighted by molar-refractivity contribution is -0.150. The summed E-state index contributed by atoms with van der Waals surface area (Å²) < 4.78 is 21.2. The minimum atomic E-state index is -1.48. The Bertz CT molecular complexity index is 1120. The third-order valence-electron chi connectivity index (χ3n) is 7.73. The first kappa shape index (κ1) is 28.0. The van der Waals surface area contributed by atoms with Gasteiger partial charge < -0.3 is 30.5 Å². The van der Waals surface area contributed by atoms with Gasteiger partial charge in [-0.25, -0.2) is 9.18 Å². The Kier molecular flexibility index (Phi) is 9.35. The molecule has 9 heteroatoms. The highest BCUT2D eigenvalue weighted by Gasteiger charge is 2.44. The average Bonchev–Trinajstić information content (AvgIpc) is 2.95. The predicted octanol–water partition coefficient (Wildman–Crippen LogP) is 3.52. The van der Waals surface area contributed by atoms with E-state index in [0.29, 0.717) is 68.7 Å².